The van der Waals surface area contributed by atoms with E-state index in [2.05, 4.69) is 29.3 Å². The second kappa shape index (κ2) is 8.27. The zero-order valence-electron chi connectivity index (χ0n) is 12.0. The lowest BCUT2D eigenvalue weighted by Crippen LogP contribution is -2.46. The van der Waals surface area contributed by atoms with E-state index >= 15 is 0 Å². The Kier molecular flexibility index (Phi) is 7.02. The van der Waals surface area contributed by atoms with E-state index in [4.69, 9.17) is 10.2 Å². The van der Waals surface area contributed by atoms with Gasteiger partial charge in [-0.25, -0.2) is 0 Å². The smallest absolute Gasteiger partial charge is 0.0558 e. The Morgan fingerprint density at radius 2 is 1.68 bits per heavy atom. The lowest BCUT2D eigenvalue weighted by Gasteiger charge is -2.35. The lowest BCUT2D eigenvalue weighted by molar-refractivity contribution is 0.137. The number of aliphatic hydroxyl groups is 2. The van der Waals surface area contributed by atoms with E-state index in [1.54, 1.807) is 0 Å². The Bertz CT molecular complexity index is 339. The van der Waals surface area contributed by atoms with Crippen molar-refractivity contribution in [3.63, 3.8) is 0 Å². The van der Waals surface area contributed by atoms with Crippen LogP contribution in [0, 0.1) is 0 Å². The van der Waals surface area contributed by atoms with E-state index in [-0.39, 0.29) is 18.6 Å². The summed E-state index contributed by atoms with van der Waals surface area (Å²) in [5, 5.41) is 21.5. The SMILES string of the molecule is CNCC(C)(CN(CCO)CCO)c1ccccc1. The Hall–Kier alpha value is -0.940. The molecule has 0 aliphatic carbocycles. The van der Waals surface area contributed by atoms with E-state index in [1.165, 1.54) is 5.56 Å². The average molecular weight is 266 g/mol. The van der Waals surface area contributed by atoms with Gasteiger partial charge in [0.15, 0.2) is 0 Å². The van der Waals surface area contributed by atoms with Gasteiger partial charge in [0.25, 0.3) is 0 Å². The number of hydrogen-bond donors (Lipinski definition) is 3. The first kappa shape index (κ1) is 16.1. The van der Waals surface area contributed by atoms with Crippen LogP contribution in [0.1, 0.15) is 12.5 Å². The fraction of sp³-hybridized carbons (Fsp3) is 0.600. The van der Waals surface area contributed by atoms with Crippen molar-refractivity contribution < 1.29 is 10.2 Å². The van der Waals surface area contributed by atoms with Crippen molar-refractivity contribution in [1.82, 2.24) is 10.2 Å². The van der Waals surface area contributed by atoms with Crippen LogP contribution in [0.2, 0.25) is 0 Å². The minimum absolute atomic E-state index is 0.0413. The van der Waals surface area contributed by atoms with Crippen molar-refractivity contribution in [2.24, 2.45) is 0 Å². The van der Waals surface area contributed by atoms with Crippen LogP contribution in [-0.4, -0.2) is 61.6 Å². The monoisotopic (exact) mass is 266 g/mol. The minimum Gasteiger partial charge on any atom is -0.395 e. The maximum Gasteiger partial charge on any atom is 0.0558 e. The van der Waals surface area contributed by atoms with E-state index < -0.39 is 0 Å². The van der Waals surface area contributed by atoms with Gasteiger partial charge in [0.1, 0.15) is 0 Å². The first-order valence-corrected chi connectivity index (χ1v) is 6.80. The van der Waals surface area contributed by atoms with Crippen molar-refractivity contribution >= 4 is 0 Å². The third-order valence-electron chi connectivity index (χ3n) is 3.44. The molecule has 3 N–H and O–H groups in total. The third-order valence-corrected chi connectivity index (χ3v) is 3.44. The van der Waals surface area contributed by atoms with Crippen LogP contribution in [0.25, 0.3) is 0 Å². The number of rotatable bonds is 9. The largest absolute Gasteiger partial charge is 0.395 e. The van der Waals surface area contributed by atoms with Crippen LogP contribution in [-0.2, 0) is 5.41 Å². The summed E-state index contributed by atoms with van der Waals surface area (Å²) in [4.78, 5) is 2.10. The van der Waals surface area contributed by atoms with Crippen LogP contribution in [0.15, 0.2) is 30.3 Å². The van der Waals surface area contributed by atoms with Crippen molar-refractivity contribution in [3.05, 3.63) is 35.9 Å². The van der Waals surface area contributed by atoms with Gasteiger partial charge in [0.2, 0.25) is 0 Å². The standard InChI is InChI=1S/C15H26N2O2/c1-15(12-16-2,14-6-4-3-5-7-14)13-17(8-10-18)9-11-19/h3-7,16,18-19H,8-13H2,1-2H3. The summed E-state index contributed by atoms with van der Waals surface area (Å²) in [6.45, 7) is 5.28. The van der Waals surface area contributed by atoms with E-state index in [9.17, 15) is 0 Å². The van der Waals surface area contributed by atoms with Crippen molar-refractivity contribution in [1.29, 1.82) is 0 Å². The minimum atomic E-state index is -0.0413. The van der Waals surface area contributed by atoms with Gasteiger partial charge in [-0.05, 0) is 12.6 Å². The molecule has 4 nitrogen and oxygen atoms in total. The lowest BCUT2D eigenvalue weighted by atomic mass is 9.81. The van der Waals surface area contributed by atoms with Gasteiger partial charge >= 0.3 is 0 Å². The normalized spacial score (nSPS) is 14.6. The predicted octanol–water partition coefficient (Wildman–Crippen LogP) is 0.450. The predicted molar refractivity (Wildman–Crippen MR) is 78.3 cm³/mol. The van der Waals surface area contributed by atoms with E-state index in [0.717, 1.165) is 13.1 Å². The molecule has 19 heavy (non-hydrogen) atoms. The molecule has 0 aliphatic heterocycles. The van der Waals surface area contributed by atoms with Crippen LogP contribution in [0.3, 0.4) is 0 Å². The molecule has 4 heteroatoms. The molecule has 0 spiro atoms. The Balaban J connectivity index is 2.85. The van der Waals surface area contributed by atoms with Crippen molar-refractivity contribution in [2.75, 3.05) is 46.4 Å². The molecule has 0 aromatic heterocycles. The quantitative estimate of drug-likeness (QED) is 0.607. The molecule has 0 saturated heterocycles. The molecule has 1 aromatic carbocycles. The third kappa shape index (κ3) is 4.91. The maximum absolute atomic E-state index is 9.12. The molecule has 1 atom stereocenters. The van der Waals surface area contributed by atoms with Gasteiger partial charge in [-0.15, -0.1) is 0 Å². The van der Waals surface area contributed by atoms with Crippen LogP contribution >= 0.6 is 0 Å². The van der Waals surface area contributed by atoms with Gasteiger partial charge < -0.3 is 15.5 Å². The highest BCUT2D eigenvalue weighted by Gasteiger charge is 2.28. The number of aliphatic hydroxyl groups excluding tert-OH is 2. The summed E-state index contributed by atoms with van der Waals surface area (Å²) >= 11 is 0. The summed E-state index contributed by atoms with van der Waals surface area (Å²) in [7, 11) is 1.95. The molecular formula is C15H26N2O2. The molecule has 0 amide bonds. The first-order valence-electron chi connectivity index (χ1n) is 6.80. The van der Waals surface area contributed by atoms with Gasteiger partial charge in [0.05, 0.1) is 13.2 Å². The molecular weight excluding hydrogens is 240 g/mol. The molecule has 0 saturated carbocycles. The number of benzene rings is 1. The maximum atomic E-state index is 9.12. The average Bonchev–Trinajstić information content (AvgIpc) is 2.40. The van der Waals surface area contributed by atoms with Crippen LogP contribution in [0.4, 0.5) is 0 Å². The molecule has 1 rings (SSSR count). The highest BCUT2D eigenvalue weighted by atomic mass is 16.3. The highest BCUT2D eigenvalue weighted by molar-refractivity contribution is 5.25. The molecule has 1 unspecified atom stereocenters. The molecule has 108 valence electrons. The van der Waals surface area contributed by atoms with E-state index in [0.29, 0.717) is 13.1 Å². The summed E-state index contributed by atoms with van der Waals surface area (Å²) in [6.07, 6.45) is 0. The van der Waals surface area contributed by atoms with Crippen LogP contribution in [0.5, 0.6) is 0 Å². The fourth-order valence-electron chi connectivity index (χ4n) is 2.53. The van der Waals surface area contributed by atoms with E-state index in [1.807, 2.05) is 25.2 Å². The first-order chi connectivity index (χ1) is 9.16. The Labute approximate surface area is 116 Å². The topological polar surface area (TPSA) is 55.7 Å². The Morgan fingerprint density at radius 1 is 1.11 bits per heavy atom. The summed E-state index contributed by atoms with van der Waals surface area (Å²) in [6, 6.07) is 10.4. The fourth-order valence-corrected chi connectivity index (χ4v) is 2.53. The molecule has 0 heterocycles. The number of likely N-dealkylation sites (N-methyl/N-ethyl adjacent to an activating group) is 1. The number of hydrogen-bond acceptors (Lipinski definition) is 4. The second-order valence-corrected chi connectivity index (χ2v) is 5.18. The zero-order valence-corrected chi connectivity index (χ0v) is 12.0. The zero-order chi connectivity index (χ0) is 14.1. The number of nitrogens with zero attached hydrogens (tertiary/aromatic N) is 1. The van der Waals surface area contributed by atoms with Gasteiger partial charge in [-0.3, -0.25) is 4.90 Å². The Morgan fingerprint density at radius 3 is 2.16 bits per heavy atom. The number of nitrogens with one attached hydrogen (secondary N) is 1. The summed E-state index contributed by atoms with van der Waals surface area (Å²) < 4.78 is 0. The van der Waals surface area contributed by atoms with Crippen molar-refractivity contribution in [3.8, 4) is 0 Å². The molecule has 1 aromatic rings. The van der Waals surface area contributed by atoms with Crippen molar-refractivity contribution in [2.45, 2.75) is 12.3 Å². The van der Waals surface area contributed by atoms with Gasteiger partial charge in [-0.2, -0.15) is 0 Å². The molecule has 0 aliphatic rings. The summed E-state index contributed by atoms with van der Waals surface area (Å²) in [5.41, 5.74) is 1.23. The summed E-state index contributed by atoms with van der Waals surface area (Å²) in [5.74, 6) is 0. The van der Waals surface area contributed by atoms with Gasteiger partial charge in [-0.1, -0.05) is 37.3 Å². The van der Waals surface area contributed by atoms with Crippen LogP contribution < -0.4 is 5.32 Å². The molecule has 0 bridgehead atoms. The molecule has 0 fully saturated rings. The highest BCUT2D eigenvalue weighted by Crippen LogP contribution is 2.24. The van der Waals surface area contributed by atoms with Gasteiger partial charge in [0, 0.05) is 31.6 Å². The molecule has 0 radical (unpaired) electrons. The second-order valence-electron chi connectivity index (χ2n) is 5.18.